The Labute approximate surface area is 214 Å². The molecule has 0 aromatic heterocycles. The van der Waals surface area contributed by atoms with Crippen molar-refractivity contribution in [3.63, 3.8) is 0 Å². The number of carbonyl (C=O) groups is 1. The van der Waals surface area contributed by atoms with E-state index in [1.165, 1.54) is 5.57 Å². The Morgan fingerprint density at radius 1 is 0.971 bits per heavy atom. The minimum absolute atomic E-state index is 0.0153. The van der Waals surface area contributed by atoms with E-state index in [0.29, 0.717) is 10.8 Å². The third-order valence-corrected chi connectivity index (χ3v) is 7.79. The molecule has 3 aromatic carbocycles. The van der Waals surface area contributed by atoms with Crippen molar-refractivity contribution < 1.29 is 4.79 Å². The molecule has 2 atom stereocenters. The van der Waals surface area contributed by atoms with Crippen LogP contribution in [0.3, 0.4) is 0 Å². The second kappa shape index (κ2) is 10.4. The van der Waals surface area contributed by atoms with Gasteiger partial charge in [0.2, 0.25) is 0 Å². The van der Waals surface area contributed by atoms with Gasteiger partial charge in [0.1, 0.15) is 0 Å². The van der Waals surface area contributed by atoms with Gasteiger partial charge in [0.15, 0.2) is 0 Å². The summed E-state index contributed by atoms with van der Waals surface area (Å²) in [5.74, 6) is 0.522. The van der Waals surface area contributed by atoms with Crippen LogP contribution in [0.5, 0.6) is 0 Å². The minimum Gasteiger partial charge on any atom is -0.272 e. The van der Waals surface area contributed by atoms with Gasteiger partial charge in [-0.2, -0.15) is 5.10 Å². The maximum atomic E-state index is 13.5. The lowest BCUT2D eigenvalue weighted by Crippen LogP contribution is -2.32. The molecule has 5 rings (SSSR count). The topological polar surface area (TPSA) is 32.7 Å². The van der Waals surface area contributed by atoms with Gasteiger partial charge in [-0.25, -0.2) is 5.01 Å². The van der Waals surface area contributed by atoms with Crippen molar-refractivity contribution in [1.82, 2.24) is 5.01 Å². The Kier molecular flexibility index (Phi) is 7.10. The predicted molar refractivity (Wildman–Crippen MR) is 142 cm³/mol. The highest BCUT2D eigenvalue weighted by atomic mass is 35.5. The van der Waals surface area contributed by atoms with Gasteiger partial charge in [-0.05, 0) is 78.4 Å². The molecule has 34 heavy (non-hydrogen) atoms. The van der Waals surface area contributed by atoms with E-state index in [0.717, 1.165) is 46.0 Å². The van der Waals surface area contributed by atoms with E-state index in [-0.39, 0.29) is 17.9 Å². The number of carbonyl (C=O) groups excluding carboxylic acids is 1. The number of rotatable bonds is 5. The summed E-state index contributed by atoms with van der Waals surface area (Å²) in [6.45, 7) is 0. The molecule has 1 aliphatic carbocycles. The van der Waals surface area contributed by atoms with Crippen molar-refractivity contribution in [3.05, 3.63) is 106 Å². The summed E-state index contributed by atoms with van der Waals surface area (Å²) >= 11 is 13.8. The van der Waals surface area contributed by atoms with Crippen LogP contribution >= 0.6 is 35.0 Å². The third-order valence-electron chi connectivity index (χ3n) is 6.29. The second-order valence-electron chi connectivity index (χ2n) is 8.54. The first-order valence-corrected chi connectivity index (χ1v) is 13.1. The summed E-state index contributed by atoms with van der Waals surface area (Å²) < 4.78 is 0. The zero-order valence-corrected chi connectivity index (χ0v) is 20.9. The van der Waals surface area contributed by atoms with Crippen LogP contribution in [-0.2, 0) is 4.79 Å². The van der Waals surface area contributed by atoms with Crippen LogP contribution in [0.15, 0.2) is 94.4 Å². The number of halogens is 2. The number of fused-ring (bicyclic) bond motifs is 1. The molecule has 3 nitrogen and oxygen atoms in total. The zero-order valence-electron chi connectivity index (χ0n) is 18.5. The van der Waals surface area contributed by atoms with Gasteiger partial charge < -0.3 is 0 Å². The van der Waals surface area contributed by atoms with Crippen molar-refractivity contribution in [2.75, 3.05) is 5.75 Å². The van der Waals surface area contributed by atoms with Gasteiger partial charge in [-0.1, -0.05) is 65.7 Å². The lowest BCUT2D eigenvalue weighted by Gasteiger charge is -2.29. The first-order chi connectivity index (χ1) is 16.6. The van der Waals surface area contributed by atoms with Gasteiger partial charge >= 0.3 is 0 Å². The number of hydrogen-bond donors (Lipinski definition) is 0. The number of thioether (sulfide) groups is 1. The highest BCUT2D eigenvalue weighted by molar-refractivity contribution is 8.00. The van der Waals surface area contributed by atoms with Gasteiger partial charge in [-0.3, -0.25) is 4.79 Å². The molecule has 2 aliphatic rings. The maximum absolute atomic E-state index is 13.5. The molecule has 1 fully saturated rings. The molecular formula is C28H24Cl2N2OS. The van der Waals surface area contributed by atoms with Crippen LogP contribution in [0.1, 0.15) is 36.4 Å². The van der Waals surface area contributed by atoms with E-state index in [1.807, 2.05) is 78.9 Å². The summed E-state index contributed by atoms with van der Waals surface area (Å²) in [6.07, 6.45) is 5.20. The van der Waals surface area contributed by atoms with Gasteiger partial charge in [0.25, 0.3) is 5.91 Å². The fraction of sp³-hybridized carbons (Fsp3) is 0.214. The van der Waals surface area contributed by atoms with E-state index in [4.69, 9.17) is 28.3 Å². The number of allylic oxidation sites excluding steroid dienone is 1. The quantitative estimate of drug-likeness (QED) is 0.329. The Morgan fingerprint density at radius 2 is 1.65 bits per heavy atom. The number of nitrogens with zero attached hydrogens (tertiary/aromatic N) is 2. The molecule has 0 radical (unpaired) electrons. The smallest absolute Gasteiger partial charge is 0.253 e. The summed E-state index contributed by atoms with van der Waals surface area (Å²) in [4.78, 5) is 14.5. The van der Waals surface area contributed by atoms with Crippen molar-refractivity contribution >= 4 is 52.7 Å². The van der Waals surface area contributed by atoms with E-state index < -0.39 is 0 Å². The number of benzene rings is 3. The molecule has 0 spiro atoms. The first-order valence-electron chi connectivity index (χ1n) is 11.4. The fourth-order valence-corrected chi connectivity index (χ4v) is 5.71. The lowest BCUT2D eigenvalue weighted by molar-refractivity contribution is -0.130. The molecule has 1 saturated carbocycles. The monoisotopic (exact) mass is 506 g/mol. The van der Waals surface area contributed by atoms with Crippen molar-refractivity contribution in [3.8, 4) is 0 Å². The van der Waals surface area contributed by atoms with Crippen LogP contribution in [0.4, 0.5) is 0 Å². The fourth-order valence-electron chi connectivity index (χ4n) is 4.69. The molecule has 172 valence electrons. The molecule has 0 bridgehead atoms. The van der Waals surface area contributed by atoms with Crippen molar-refractivity contribution in [1.29, 1.82) is 0 Å². The Morgan fingerprint density at radius 3 is 2.35 bits per heavy atom. The molecular weight excluding hydrogens is 483 g/mol. The summed E-state index contributed by atoms with van der Waals surface area (Å²) in [7, 11) is 0. The maximum Gasteiger partial charge on any atom is 0.253 e. The molecule has 0 N–H and O–H groups in total. The lowest BCUT2D eigenvalue weighted by atomic mass is 9.77. The summed E-state index contributed by atoms with van der Waals surface area (Å²) in [5.41, 5.74) is 4.39. The highest BCUT2D eigenvalue weighted by Crippen LogP contribution is 2.45. The van der Waals surface area contributed by atoms with Crippen LogP contribution in [-0.4, -0.2) is 22.4 Å². The van der Waals surface area contributed by atoms with Crippen molar-refractivity contribution in [2.45, 2.75) is 30.2 Å². The largest absolute Gasteiger partial charge is 0.272 e. The average molecular weight is 507 g/mol. The molecule has 1 heterocycles. The molecule has 2 unspecified atom stereocenters. The Bertz CT molecular complexity index is 1220. The standard InChI is InChI=1S/C28H24Cl2N2OS/c29-22-13-9-19(10-14-22)17-21-5-4-8-25-27(21)31-32(28(25)20-11-15-23(30)16-12-20)26(33)18-34-24-6-2-1-3-7-24/h1-3,6-7,9-17,25,28H,4-5,8,18H2/b21-17-. The van der Waals surface area contributed by atoms with Gasteiger partial charge in [-0.15, -0.1) is 11.8 Å². The first kappa shape index (κ1) is 23.2. The molecule has 0 saturated heterocycles. The second-order valence-corrected chi connectivity index (χ2v) is 10.5. The number of hydrazone groups is 1. The Hall–Kier alpha value is -2.53. The summed E-state index contributed by atoms with van der Waals surface area (Å²) in [5, 5.41) is 8.09. The predicted octanol–water partition coefficient (Wildman–Crippen LogP) is 7.91. The van der Waals surface area contributed by atoms with Crippen molar-refractivity contribution in [2.24, 2.45) is 11.0 Å². The Balaban J connectivity index is 1.47. The van der Waals surface area contributed by atoms with Crippen LogP contribution in [0.25, 0.3) is 6.08 Å². The molecule has 3 aromatic rings. The number of amides is 1. The SMILES string of the molecule is O=C(CSc1ccccc1)N1N=C2/C(=C\c3ccc(Cl)cc3)CCCC2C1c1ccc(Cl)cc1. The minimum atomic E-state index is -0.120. The zero-order chi connectivity index (χ0) is 23.5. The van der Waals surface area contributed by atoms with Gasteiger partial charge in [0, 0.05) is 20.9 Å². The van der Waals surface area contributed by atoms with Gasteiger partial charge in [0.05, 0.1) is 17.5 Å². The van der Waals surface area contributed by atoms with E-state index in [9.17, 15) is 4.79 Å². The molecule has 6 heteroatoms. The molecule has 1 amide bonds. The molecule has 1 aliphatic heterocycles. The third kappa shape index (κ3) is 5.10. The highest BCUT2D eigenvalue weighted by Gasteiger charge is 2.43. The number of hydrogen-bond acceptors (Lipinski definition) is 3. The average Bonchev–Trinajstić information content (AvgIpc) is 3.26. The summed E-state index contributed by atoms with van der Waals surface area (Å²) in [6, 6.07) is 25.6. The van der Waals surface area contributed by atoms with Crippen LogP contribution < -0.4 is 0 Å². The van der Waals surface area contributed by atoms with Crippen LogP contribution in [0, 0.1) is 5.92 Å². The van der Waals surface area contributed by atoms with Crippen LogP contribution in [0.2, 0.25) is 10.0 Å². The van der Waals surface area contributed by atoms with E-state index in [1.54, 1.807) is 16.8 Å². The van der Waals surface area contributed by atoms with E-state index in [2.05, 4.69) is 6.08 Å². The normalized spacial score (nSPS) is 20.8. The van der Waals surface area contributed by atoms with E-state index >= 15 is 0 Å².